The Labute approximate surface area is 141 Å². The molecule has 0 radical (unpaired) electrons. The van der Waals surface area contributed by atoms with Crippen LogP contribution in [0.25, 0.3) is 0 Å². The number of aromatic nitrogens is 2. The molecule has 2 rings (SSSR count). The first-order valence-corrected chi connectivity index (χ1v) is 7.86. The highest BCUT2D eigenvalue weighted by Crippen LogP contribution is 2.18. The molecule has 0 aliphatic heterocycles. The van der Waals surface area contributed by atoms with Crippen molar-refractivity contribution in [3.05, 3.63) is 46.8 Å². The molecule has 1 amide bonds. The number of hydrogen-bond donors (Lipinski definition) is 1. The number of carbonyl (C=O) groups is 2. The zero-order valence-electron chi connectivity index (χ0n) is 14.7. The minimum Gasteiger partial charge on any atom is -0.452 e. The van der Waals surface area contributed by atoms with Crippen LogP contribution in [0.15, 0.2) is 24.3 Å². The van der Waals surface area contributed by atoms with Gasteiger partial charge in [-0.1, -0.05) is 26.0 Å². The molecule has 0 fully saturated rings. The van der Waals surface area contributed by atoms with Gasteiger partial charge in [-0.3, -0.25) is 9.48 Å². The molecule has 128 valence electrons. The standard InChI is InChI=1S/C18H23N3O3/c1-11(2)14-6-8-15(9-7-14)18(23)24-10-16(22)19-17-12(3)20-21(5)13(17)4/h6-9,11H,10H2,1-5H3,(H,19,22). The number of benzene rings is 1. The molecular weight excluding hydrogens is 306 g/mol. The van der Waals surface area contributed by atoms with Gasteiger partial charge in [-0.25, -0.2) is 4.79 Å². The van der Waals surface area contributed by atoms with Gasteiger partial charge in [-0.15, -0.1) is 0 Å². The summed E-state index contributed by atoms with van der Waals surface area (Å²) in [5.74, 6) is -0.506. The lowest BCUT2D eigenvalue weighted by atomic mass is 10.0. The first kappa shape index (κ1) is 17.7. The molecule has 6 nitrogen and oxygen atoms in total. The van der Waals surface area contributed by atoms with Crippen molar-refractivity contribution in [1.29, 1.82) is 0 Å². The first-order chi connectivity index (χ1) is 11.3. The minimum absolute atomic E-state index is 0.335. The predicted octanol–water partition coefficient (Wildman–Crippen LogP) is 2.96. The van der Waals surface area contributed by atoms with Gasteiger partial charge in [0.05, 0.1) is 22.6 Å². The molecule has 0 saturated heterocycles. The number of rotatable bonds is 5. The third kappa shape index (κ3) is 4.01. The second-order valence-electron chi connectivity index (χ2n) is 6.07. The van der Waals surface area contributed by atoms with E-state index in [0.717, 1.165) is 17.0 Å². The van der Waals surface area contributed by atoms with E-state index < -0.39 is 5.97 Å². The van der Waals surface area contributed by atoms with Crippen LogP contribution in [0.3, 0.4) is 0 Å². The van der Waals surface area contributed by atoms with Crippen molar-refractivity contribution in [2.75, 3.05) is 11.9 Å². The van der Waals surface area contributed by atoms with Gasteiger partial charge >= 0.3 is 5.97 Å². The molecule has 0 unspecified atom stereocenters. The van der Waals surface area contributed by atoms with Crippen LogP contribution in [0.1, 0.15) is 47.1 Å². The number of anilines is 1. The molecule has 0 atom stereocenters. The molecule has 2 aromatic rings. The number of hydrogen-bond acceptors (Lipinski definition) is 4. The molecule has 1 aromatic heterocycles. The summed E-state index contributed by atoms with van der Waals surface area (Å²) in [6, 6.07) is 7.21. The van der Waals surface area contributed by atoms with Crippen LogP contribution in [0, 0.1) is 13.8 Å². The molecule has 0 saturated carbocycles. The van der Waals surface area contributed by atoms with Gasteiger partial charge in [0.15, 0.2) is 6.61 Å². The number of nitrogens with one attached hydrogen (secondary N) is 1. The number of carbonyl (C=O) groups excluding carboxylic acids is 2. The molecule has 1 aromatic carbocycles. The number of amides is 1. The second kappa shape index (κ2) is 7.29. The molecule has 1 heterocycles. The third-order valence-electron chi connectivity index (χ3n) is 3.92. The van der Waals surface area contributed by atoms with Crippen molar-refractivity contribution in [1.82, 2.24) is 9.78 Å². The molecule has 0 aliphatic carbocycles. The van der Waals surface area contributed by atoms with Crippen LogP contribution < -0.4 is 5.32 Å². The molecular formula is C18H23N3O3. The van der Waals surface area contributed by atoms with E-state index in [0.29, 0.717) is 17.2 Å². The highest BCUT2D eigenvalue weighted by molar-refractivity contribution is 5.96. The van der Waals surface area contributed by atoms with Crippen molar-refractivity contribution < 1.29 is 14.3 Å². The smallest absolute Gasteiger partial charge is 0.338 e. The van der Waals surface area contributed by atoms with E-state index in [2.05, 4.69) is 24.3 Å². The van der Waals surface area contributed by atoms with E-state index in [4.69, 9.17) is 4.74 Å². The van der Waals surface area contributed by atoms with E-state index in [-0.39, 0.29) is 12.5 Å². The first-order valence-electron chi connectivity index (χ1n) is 7.86. The summed E-state index contributed by atoms with van der Waals surface area (Å²) in [5, 5.41) is 6.95. The fourth-order valence-corrected chi connectivity index (χ4v) is 2.35. The SMILES string of the molecule is Cc1nn(C)c(C)c1NC(=O)COC(=O)c1ccc(C(C)C)cc1. The fraction of sp³-hybridized carbons (Fsp3) is 0.389. The minimum atomic E-state index is -0.514. The van der Waals surface area contributed by atoms with E-state index in [1.165, 1.54) is 0 Å². The Kier molecular flexibility index (Phi) is 5.39. The highest BCUT2D eigenvalue weighted by Gasteiger charge is 2.15. The van der Waals surface area contributed by atoms with E-state index in [9.17, 15) is 9.59 Å². The lowest BCUT2D eigenvalue weighted by Crippen LogP contribution is -2.21. The molecule has 0 bridgehead atoms. The molecule has 6 heteroatoms. The molecule has 0 spiro atoms. The van der Waals surface area contributed by atoms with Crippen LogP contribution in [0.2, 0.25) is 0 Å². The van der Waals surface area contributed by atoms with E-state index in [1.807, 2.05) is 26.0 Å². The largest absolute Gasteiger partial charge is 0.452 e. The normalized spacial score (nSPS) is 10.8. The van der Waals surface area contributed by atoms with Gasteiger partial charge in [0.25, 0.3) is 5.91 Å². The van der Waals surface area contributed by atoms with Crippen molar-refractivity contribution in [2.45, 2.75) is 33.6 Å². The summed E-state index contributed by atoms with van der Waals surface area (Å²) in [7, 11) is 1.80. The van der Waals surface area contributed by atoms with Gasteiger partial charge in [0.1, 0.15) is 0 Å². The second-order valence-corrected chi connectivity index (χ2v) is 6.07. The average Bonchev–Trinajstić information content (AvgIpc) is 2.79. The summed E-state index contributed by atoms with van der Waals surface area (Å²) < 4.78 is 6.76. The monoisotopic (exact) mass is 329 g/mol. The number of ether oxygens (including phenoxy) is 1. The quantitative estimate of drug-likeness (QED) is 0.856. The summed E-state index contributed by atoms with van der Waals surface area (Å²) in [5.41, 5.74) is 3.79. The van der Waals surface area contributed by atoms with E-state index >= 15 is 0 Å². The van der Waals surface area contributed by atoms with E-state index in [1.54, 1.807) is 23.9 Å². The van der Waals surface area contributed by atoms with Crippen LogP contribution in [-0.4, -0.2) is 28.3 Å². The molecule has 24 heavy (non-hydrogen) atoms. The maximum Gasteiger partial charge on any atom is 0.338 e. The van der Waals surface area contributed by atoms with Crippen LogP contribution in [0.4, 0.5) is 5.69 Å². The zero-order chi connectivity index (χ0) is 17.9. The number of aryl methyl sites for hydroxylation is 2. The third-order valence-corrected chi connectivity index (χ3v) is 3.92. The Hall–Kier alpha value is -2.63. The van der Waals surface area contributed by atoms with Crippen molar-refractivity contribution in [3.63, 3.8) is 0 Å². The van der Waals surface area contributed by atoms with Gasteiger partial charge < -0.3 is 10.1 Å². The van der Waals surface area contributed by atoms with Crippen LogP contribution in [0.5, 0.6) is 0 Å². The van der Waals surface area contributed by atoms with Crippen LogP contribution in [-0.2, 0) is 16.6 Å². The highest BCUT2D eigenvalue weighted by atomic mass is 16.5. The average molecular weight is 329 g/mol. The van der Waals surface area contributed by atoms with Crippen molar-refractivity contribution in [2.24, 2.45) is 7.05 Å². The molecule has 1 N–H and O–H groups in total. The van der Waals surface area contributed by atoms with Gasteiger partial charge in [0.2, 0.25) is 0 Å². The topological polar surface area (TPSA) is 73.2 Å². The predicted molar refractivity (Wildman–Crippen MR) is 92.1 cm³/mol. The fourth-order valence-electron chi connectivity index (χ4n) is 2.35. The Bertz CT molecular complexity index is 746. The summed E-state index contributed by atoms with van der Waals surface area (Å²) in [6.07, 6.45) is 0. The Morgan fingerprint density at radius 2 is 1.83 bits per heavy atom. The maximum absolute atomic E-state index is 12.0. The number of nitrogens with zero attached hydrogens (tertiary/aromatic N) is 2. The summed E-state index contributed by atoms with van der Waals surface area (Å²) in [6.45, 7) is 7.50. The lowest BCUT2D eigenvalue weighted by Gasteiger charge is -2.08. The summed E-state index contributed by atoms with van der Waals surface area (Å²) >= 11 is 0. The Morgan fingerprint density at radius 3 is 2.33 bits per heavy atom. The maximum atomic E-state index is 12.0. The Morgan fingerprint density at radius 1 is 1.21 bits per heavy atom. The van der Waals surface area contributed by atoms with Gasteiger partial charge in [-0.05, 0) is 37.5 Å². The van der Waals surface area contributed by atoms with Gasteiger partial charge in [0, 0.05) is 7.05 Å². The van der Waals surface area contributed by atoms with Crippen molar-refractivity contribution >= 4 is 17.6 Å². The Balaban J connectivity index is 1.92. The summed E-state index contributed by atoms with van der Waals surface area (Å²) in [4.78, 5) is 24.0. The van der Waals surface area contributed by atoms with Gasteiger partial charge in [-0.2, -0.15) is 5.10 Å². The molecule has 0 aliphatic rings. The zero-order valence-corrected chi connectivity index (χ0v) is 14.7. The number of esters is 1. The van der Waals surface area contributed by atoms with Crippen LogP contribution >= 0.6 is 0 Å². The van der Waals surface area contributed by atoms with Crippen molar-refractivity contribution in [3.8, 4) is 0 Å². The lowest BCUT2D eigenvalue weighted by molar-refractivity contribution is -0.119.